The lowest BCUT2D eigenvalue weighted by Gasteiger charge is -2.40. The van der Waals surface area contributed by atoms with Crippen molar-refractivity contribution in [2.24, 2.45) is 0 Å². The molecule has 1 spiro atoms. The van der Waals surface area contributed by atoms with E-state index in [0.717, 1.165) is 56.5 Å². The zero-order valence-corrected chi connectivity index (χ0v) is 31.6. The van der Waals surface area contributed by atoms with E-state index < -0.39 is 5.41 Å². The molecule has 58 heavy (non-hydrogen) atoms. The second kappa shape index (κ2) is 12.7. The van der Waals surface area contributed by atoms with Crippen LogP contribution in [0.15, 0.2) is 218 Å². The molecule has 1 aromatic heterocycles. The highest BCUT2D eigenvalue weighted by Crippen LogP contribution is 2.63. The summed E-state index contributed by atoms with van der Waals surface area (Å²) in [6.45, 7) is 0. The monoisotopic (exact) mass is 740 g/mol. The largest absolute Gasteiger partial charge is 0.457 e. The SMILES string of the molecule is c1ccc(-c2ccc3c(c2)C2(c4ccccc4O3)c3ccccc3-c3ccc(N(c4ccccc4)c4ccc5c6ccccc6n(-c6ccccc6)c5c4)cc32)cc1. The zero-order chi connectivity index (χ0) is 38.2. The maximum atomic E-state index is 6.80. The van der Waals surface area contributed by atoms with Crippen LogP contribution in [0.1, 0.15) is 22.3 Å². The molecule has 0 fully saturated rings. The van der Waals surface area contributed by atoms with Crippen LogP contribution >= 0.6 is 0 Å². The number of aromatic nitrogens is 1. The summed E-state index contributed by atoms with van der Waals surface area (Å²) >= 11 is 0. The predicted molar refractivity (Wildman–Crippen MR) is 238 cm³/mol. The fourth-order valence-corrected chi connectivity index (χ4v) is 9.82. The topological polar surface area (TPSA) is 17.4 Å². The number of hydrogen-bond acceptors (Lipinski definition) is 2. The first-order valence-electron chi connectivity index (χ1n) is 19.9. The molecule has 9 aromatic carbocycles. The number of hydrogen-bond donors (Lipinski definition) is 0. The van der Waals surface area contributed by atoms with Crippen LogP contribution < -0.4 is 9.64 Å². The molecule has 0 N–H and O–H groups in total. The normalized spacial score (nSPS) is 14.8. The third kappa shape index (κ3) is 4.68. The Hall–Kier alpha value is -7.62. The molecule has 3 heteroatoms. The Balaban J connectivity index is 1.13. The van der Waals surface area contributed by atoms with Gasteiger partial charge < -0.3 is 14.2 Å². The number of anilines is 3. The number of benzene rings is 9. The van der Waals surface area contributed by atoms with Crippen LogP contribution in [-0.4, -0.2) is 4.57 Å². The molecule has 272 valence electrons. The number of rotatable bonds is 5. The van der Waals surface area contributed by atoms with Crippen molar-refractivity contribution in [2.75, 3.05) is 4.90 Å². The van der Waals surface area contributed by atoms with Crippen LogP contribution in [0.25, 0.3) is 49.7 Å². The summed E-state index contributed by atoms with van der Waals surface area (Å²) < 4.78 is 9.20. The summed E-state index contributed by atoms with van der Waals surface area (Å²) in [4.78, 5) is 2.41. The van der Waals surface area contributed by atoms with E-state index in [-0.39, 0.29) is 0 Å². The molecule has 2 heterocycles. The average Bonchev–Trinajstić information content (AvgIpc) is 3.77. The number of fused-ring (bicyclic) bond motifs is 12. The smallest absolute Gasteiger partial charge is 0.132 e. The third-order valence-corrected chi connectivity index (χ3v) is 12.2. The van der Waals surface area contributed by atoms with Gasteiger partial charge in [0.2, 0.25) is 0 Å². The van der Waals surface area contributed by atoms with Gasteiger partial charge in [0, 0.05) is 44.6 Å². The van der Waals surface area contributed by atoms with Gasteiger partial charge in [0.25, 0.3) is 0 Å². The summed E-state index contributed by atoms with van der Waals surface area (Å²) in [6.07, 6.45) is 0. The van der Waals surface area contributed by atoms with Gasteiger partial charge in [-0.3, -0.25) is 0 Å². The molecule has 12 rings (SSSR count). The summed E-state index contributed by atoms with van der Waals surface area (Å²) in [5.41, 5.74) is 15.8. The quantitative estimate of drug-likeness (QED) is 0.175. The molecule has 1 aliphatic heterocycles. The van der Waals surface area contributed by atoms with Gasteiger partial charge in [-0.25, -0.2) is 0 Å². The maximum absolute atomic E-state index is 6.80. The van der Waals surface area contributed by atoms with Crippen LogP contribution in [0.4, 0.5) is 17.1 Å². The fourth-order valence-electron chi connectivity index (χ4n) is 9.82. The summed E-state index contributed by atoms with van der Waals surface area (Å²) in [5.74, 6) is 1.76. The van der Waals surface area contributed by atoms with Gasteiger partial charge in [-0.15, -0.1) is 0 Å². The second-order valence-corrected chi connectivity index (χ2v) is 15.3. The minimum absolute atomic E-state index is 0.622. The lowest BCUT2D eigenvalue weighted by atomic mass is 9.65. The highest BCUT2D eigenvalue weighted by Gasteiger charge is 2.51. The molecular weight excluding hydrogens is 705 g/mol. The Morgan fingerprint density at radius 2 is 0.983 bits per heavy atom. The highest BCUT2D eigenvalue weighted by molar-refractivity contribution is 6.10. The Labute approximate surface area is 337 Å². The minimum Gasteiger partial charge on any atom is -0.457 e. The van der Waals surface area contributed by atoms with Crippen LogP contribution in [0.5, 0.6) is 11.5 Å². The molecule has 0 bridgehead atoms. The van der Waals surface area contributed by atoms with E-state index in [9.17, 15) is 0 Å². The number of ether oxygens (including phenoxy) is 1. The summed E-state index contributed by atoms with van der Waals surface area (Å²) in [5, 5.41) is 2.47. The minimum atomic E-state index is -0.622. The molecule has 1 atom stereocenters. The van der Waals surface area contributed by atoms with Crippen LogP contribution in [0.3, 0.4) is 0 Å². The van der Waals surface area contributed by atoms with Crippen molar-refractivity contribution in [1.82, 2.24) is 4.57 Å². The Kier molecular flexibility index (Phi) is 7.14. The fraction of sp³-hybridized carbons (Fsp3) is 0.0182. The molecular formula is C55H36N2O. The van der Waals surface area contributed by atoms with Gasteiger partial charge in [0.1, 0.15) is 11.5 Å². The maximum Gasteiger partial charge on any atom is 0.132 e. The lowest BCUT2D eigenvalue weighted by molar-refractivity contribution is 0.436. The second-order valence-electron chi connectivity index (χ2n) is 15.3. The van der Waals surface area contributed by atoms with E-state index in [0.29, 0.717) is 0 Å². The third-order valence-electron chi connectivity index (χ3n) is 12.2. The van der Waals surface area contributed by atoms with Crippen LogP contribution in [0.2, 0.25) is 0 Å². The van der Waals surface area contributed by atoms with Gasteiger partial charge in [0.05, 0.1) is 16.4 Å². The number of nitrogens with zero attached hydrogens (tertiary/aromatic N) is 2. The highest BCUT2D eigenvalue weighted by atomic mass is 16.5. The molecule has 0 saturated heterocycles. The lowest BCUT2D eigenvalue weighted by Crippen LogP contribution is -2.32. The molecule has 1 unspecified atom stereocenters. The zero-order valence-electron chi connectivity index (χ0n) is 31.6. The van der Waals surface area contributed by atoms with Crippen molar-refractivity contribution in [3.63, 3.8) is 0 Å². The van der Waals surface area contributed by atoms with E-state index >= 15 is 0 Å². The van der Waals surface area contributed by atoms with Crippen molar-refractivity contribution < 1.29 is 4.74 Å². The van der Waals surface area contributed by atoms with Gasteiger partial charge in [0.15, 0.2) is 0 Å². The van der Waals surface area contributed by atoms with Gasteiger partial charge in [-0.2, -0.15) is 0 Å². The molecule has 0 radical (unpaired) electrons. The molecule has 2 aliphatic rings. The van der Waals surface area contributed by atoms with E-state index in [1.807, 2.05) is 0 Å². The Morgan fingerprint density at radius 3 is 1.83 bits per heavy atom. The first-order valence-corrected chi connectivity index (χ1v) is 19.9. The first kappa shape index (κ1) is 32.6. The molecule has 0 saturated carbocycles. The van der Waals surface area contributed by atoms with E-state index in [4.69, 9.17) is 4.74 Å². The Bertz CT molecular complexity index is 3200. The predicted octanol–water partition coefficient (Wildman–Crippen LogP) is 14.4. The summed E-state index contributed by atoms with van der Waals surface area (Å²) in [7, 11) is 0. The van der Waals surface area contributed by atoms with Gasteiger partial charge >= 0.3 is 0 Å². The standard InChI is InChI=1S/C55H36N2O/c1-4-16-37(17-5-1)38-28-33-54-50(34-38)55(48-25-13-15-27-53(48)58-54)47-24-12-10-22-43(47)44-31-29-41(35-49(44)55)56(39-18-6-2-7-19-39)42-30-32-46-45-23-11-14-26-51(45)57(52(46)36-42)40-20-8-3-9-21-40/h1-36H. The average molecular weight is 741 g/mol. The van der Waals surface area contributed by atoms with Gasteiger partial charge in [-0.1, -0.05) is 146 Å². The van der Waals surface area contributed by atoms with Crippen molar-refractivity contribution in [3.8, 4) is 39.4 Å². The van der Waals surface area contributed by atoms with E-state index in [2.05, 4.69) is 228 Å². The molecule has 1 aliphatic carbocycles. The molecule has 0 amide bonds. The van der Waals surface area contributed by atoms with Crippen molar-refractivity contribution in [2.45, 2.75) is 5.41 Å². The van der Waals surface area contributed by atoms with Crippen molar-refractivity contribution in [1.29, 1.82) is 0 Å². The molecule has 10 aromatic rings. The van der Waals surface area contributed by atoms with E-state index in [1.54, 1.807) is 0 Å². The van der Waals surface area contributed by atoms with Gasteiger partial charge in [-0.05, 0) is 106 Å². The van der Waals surface area contributed by atoms with E-state index in [1.165, 1.54) is 44.1 Å². The Morgan fingerprint density at radius 1 is 0.362 bits per heavy atom. The van der Waals surface area contributed by atoms with Crippen molar-refractivity contribution in [3.05, 3.63) is 241 Å². The number of para-hydroxylation sites is 4. The summed E-state index contributed by atoms with van der Waals surface area (Å²) in [6, 6.07) is 79.1. The van der Waals surface area contributed by atoms with Crippen LogP contribution in [0, 0.1) is 0 Å². The van der Waals surface area contributed by atoms with Crippen LogP contribution in [-0.2, 0) is 5.41 Å². The molecule has 3 nitrogen and oxygen atoms in total. The first-order chi connectivity index (χ1) is 28.8. The van der Waals surface area contributed by atoms with Crippen molar-refractivity contribution >= 4 is 38.9 Å².